The number of aromatic nitrogens is 2. The lowest BCUT2D eigenvalue weighted by Gasteiger charge is -2.13. The highest BCUT2D eigenvalue weighted by atomic mass is 16.4. The molecule has 16 heavy (non-hydrogen) atoms. The van der Waals surface area contributed by atoms with E-state index in [9.17, 15) is 4.79 Å². The van der Waals surface area contributed by atoms with Gasteiger partial charge in [-0.2, -0.15) is 5.10 Å². The van der Waals surface area contributed by atoms with Crippen molar-refractivity contribution in [3.05, 3.63) is 18.0 Å². The minimum atomic E-state index is -0.797. The van der Waals surface area contributed by atoms with Gasteiger partial charge in [0.1, 0.15) is 0 Å². The molecule has 1 rings (SSSR count). The second-order valence-electron chi connectivity index (χ2n) is 3.74. The van der Waals surface area contributed by atoms with Crippen molar-refractivity contribution >= 4 is 5.97 Å². The molecule has 1 heterocycles. The Morgan fingerprint density at radius 3 is 2.94 bits per heavy atom. The molecule has 5 heteroatoms. The van der Waals surface area contributed by atoms with Crippen molar-refractivity contribution in [1.29, 1.82) is 0 Å². The zero-order valence-electron chi connectivity index (χ0n) is 9.81. The van der Waals surface area contributed by atoms with Crippen molar-refractivity contribution in [3.8, 4) is 0 Å². The van der Waals surface area contributed by atoms with Gasteiger partial charge in [0.05, 0.1) is 12.6 Å². The van der Waals surface area contributed by atoms with Crippen molar-refractivity contribution in [2.75, 3.05) is 6.54 Å². The fourth-order valence-electron chi connectivity index (χ4n) is 1.64. The molecule has 0 aromatic carbocycles. The van der Waals surface area contributed by atoms with Gasteiger partial charge in [0, 0.05) is 24.3 Å². The largest absolute Gasteiger partial charge is 0.481 e. The minimum Gasteiger partial charge on any atom is -0.481 e. The Morgan fingerprint density at radius 2 is 2.38 bits per heavy atom. The summed E-state index contributed by atoms with van der Waals surface area (Å²) in [5.74, 6) is -0.797. The van der Waals surface area contributed by atoms with Gasteiger partial charge in [0.15, 0.2) is 0 Å². The monoisotopic (exact) mass is 225 g/mol. The number of aliphatic carboxylic acids is 1. The lowest BCUT2D eigenvalue weighted by atomic mass is 10.1. The number of carboxylic acid groups (broad SMARTS) is 1. The summed E-state index contributed by atoms with van der Waals surface area (Å²) in [6.07, 6.45) is 4.77. The Kier molecular flexibility index (Phi) is 4.98. The van der Waals surface area contributed by atoms with Crippen LogP contribution >= 0.6 is 0 Å². The summed E-state index contributed by atoms with van der Waals surface area (Å²) in [5, 5.41) is 16.2. The van der Waals surface area contributed by atoms with E-state index in [1.54, 1.807) is 6.20 Å². The molecule has 0 radical (unpaired) electrons. The molecule has 2 N–H and O–H groups in total. The third kappa shape index (κ3) is 3.66. The van der Waals surface area contributed by atoms with E-state index in [2.05, 4.69) is 17.3 Å². The molecular formula is C11H19N3O2. The molecule has 0 saturated heterocycles. The zero-order chi connectivity index (χ0) is 12.0. The smallest absolute Gasteiger partial charge is 0.305 e. The number of nitrogens with one attached hydrogen (secondary N) is 1. The van der Waals surface area contributed by atoms with E-state index >= 15 is 0 Å². The Labute approximate surface area is 95.5 Å². The van der Waals surface area contributed by atoms with E-state index < -0.39 is 5.97 Å². The van der Waals surface area contributed by atoms with E-state index in [0.717, 1.165) is 25.1 Å². The maximum absolute atomic E-state index is 10.7. The highest BCUT2D eigenvalue weighted by Crippen LogP contribution is 2.15. The van der Waals surface area contributed by atoms with E-state index in [-0.39, 0.29) is 12.5 Å². The van der Waals surface area contributed by atoms with Crippen LogP contribution in [0.3, 0.4) is 0 Å². The maximum atomic E-state index is 10.7. The van der Waals surface area contributed by atoms with Crippen LogP contribution in [0.1, 0.15) is 38.3 Å². The fraction of sp³-hybridized carbons (Fsp3) is 0.636. The second-order valence-corrected chi connectivity index (χ2v) is 3.74. The van der Waals surface area contributed by atoms with Crippen molar-refractivity contribution in [3.63, 3.8) is 0 Å². The molecular weight excluding hydrogens is 206 g/mol. The number of carbonyl (C=O) groups is 1. The summed E-state index contributed by atoms with van der Waals surface area (Å²) in [6.45, 7) is 5.66. The number of hydrogen-bond donors (Lipinski definition) is 2. The number of rotatable bonds is 7. The first kappa shape index (κ1) is 12.7. The third-order valence-corrected chi connectivity index (χ3v) is 2.34. The standard InChI is InChI=1S/C11H19N3O2/c1-3-5-14-8-9(7-13-14)10(12-4-2)6-11(15)16/h7-8,10,12H,3-6H2,1-2H3,(H,15,16). The van der Waals surface area contributed by atoms with E-state index in [1.165, 1.54) is 0 Å². The molecule has 90 valence electrons. The van der Waals surface area contributed by atoms with E-state index in [0.29, 0.717) is 0 Å². The van der Waals surface area contributed by atoms with Crippen LogP contribution in [0.25, 0.3) is 0 Å². The van der Waals surface area contributed by atoms with Gasteiger partial charge < -0.3 is 10.4 Å². The van der Waals surface area contributed by atoms with Crippen molar-refractivity contribution in [2.24, 2.45) is 0 Å². The average molecular weight is 225 g/mol. The molecule has 1 atom stereocenters. The van der Waals surface area contributed by atoms with Crippen LogP contribution in [0.15, 0.2) is 12.4 Å². The quantitative estimate of drug-likeness (QED) is 0.736. The first-order valence-corrected chi connectivity index (χ1v) is 5.64. The molecule has 0 aliphatic heterocycles. The maximum Gasteiger partial charge on any atom is 0.305 e. The van der Waals surface area contributed by atoms with Gasteiger partial charge in [-0.3, -0.25) is 9.48 Å². The Balaban J connectivity index is 2.71. The molecule has 0 spiro atoms. The highest BCUT2D eigenvalue weighted by molar-refractivity contribution is 5.67. The predicted octanol–water partition coefficient (Wildman–Crippen LogP) is 1.42. The molecule has 5 nitrogen and oxygen atoms in total. The highest BCUT2D eigenvalue weighted by Gasteiger charge is 2.15. The predicted molar refractivity (Wildman–Crippen MR) is 61.2 cm³/mol. The summed E-state index contributed by atoms with van der Waals surface area (Å²) < 4.78 is 1.85. The summed E-state index contributed by atoms with van der Waals surface area (Å²) in [5.41, 5.74) is 0.942. The topological polar surface area (TPSA) is 67.2 Å². The van der Waals surface area contributed by atoms with Gasteiger partial charge in [-0.25, -0.2) is 0 Å². The Hall–Kier alpha value is -1.36. The van der Waals surface area contributed by atoms with Crippen LogP contribution in [0.5, 0.6) is 0 Å². The molecule has 1 aromatic rings. The van der Waals surface area contributed by atoms with E-state index in [4.69, 9.17) is 5.11 Å². The molecule has 0 aliphatic rings. The van der Waals surface area contributed by atoms with Gasteiger partial charge in [-0.15, -0.1) is 0 Å². The van der Waals surface area contributed by atoms with Gasteiger partial charge in [-0.1, -0.05) is 13.8 Å². The number of nitrogens with zero attached hydrogens (tertiary/aromatic N) is 2. The van der Waals surface area contributed by atoms with Gasteiger partial charge in [0.2, 0.25) is 0 Å². The Bertz CT molecular complexity index is 336. The summed E-state index contributed by atoms with van der Waals surface area (Å²) >= 11 is 0. The number of carboxylic acids is 1. The van der Waals surface area contributed by atoms with Crippen LogP contribution in [0, 0.1) is 0 Å². The van der Waals surface area contributed by atoms with Crippen molar-refractivity contribution in [1.82, 2.24) is 15.1 Å². The van der Waals surface area contributed by atoms with Gasteiger partial charge >= 0.3 is 5.97 Å². The first-order valence-electron chi connectivity index (χ1n) is 5.64. The summed E-state index contributed by atoms with van der Waals surface area (Å²) in [7, 11) is 0. The van der Waals surface area contributed by atoms with Gasteiger partial charge in [0.25, 0.3) is 0 Å². The number of aryl methyl sites for hydroxylation is 1. The third-order valence-electron chi connectivity index (χ3n) is 2.34. The van der Waals surface area contributed by atoms with Crippen molar-refractivity contribution < 1.29 is 9.90 Å². The summed E-state index contributed by atoms with van der Waals surface area (Å²) in [4.78, 5) is 10.7. The molecule has 1 aromatic heterocycles. The molecule has 0 fully saturated rings. The molecule has 0 saturated carbocycles. The van der Waals surface area contributed by atoms with Crippen LogP contribution < -0.4 is 5.32 Å². The first-order chi connectivity index (χ1) is 7.67. The Morgan fingerprint density at radius 1 is 1.62 bits per heavy atom. The van der Waals surface area contributed by atoms with Crippen molar-refractivity contribution in [2.45, 2.75) is 39.3 Å². The van der Waals surface area contributed by atoms with Crippen LogP contribution in [-0.4, -0.2) is 27.4 Å². The second kappa shape index (κ2) is 6.27. The number of hydrogen-bond acceptors (Lipinski definition) is 3. The molecule has 0 amide bonds. The lowest BCUT2D eigenvalue weighted by Crippen LogP contribution is -2.23. The van der Waals surface area contributed by atoms with Gasteiger partial charge in [-0.05, 0) is 13.0 Å². The minimum absolute atomic E-state index is 0.0889. The molecule has 1 unspecified atom stereocenters. The molecule has 0 aliphatic carbocycles. The van der Waals surface area contributed by atoms with Crippen LogP contribution in [-0.2, 0) is 11.3 Å². The van der Waals surface area contributed by atoms with E-state index in [1.807, 2.05) is 17.8 Å². The SMILES string of the molecule is CCCn1cc(C(CC(=O)O)NCC)cn1. The zero-order valence-corrected chi connectivity index (χ0v) is 9.81. The van der Waals surface area contributed by atoms with Crippen LogP contribution in [0.4, 0.5) is 0 Å². The fourth-order valence-corrected chi connectivity index (χ4v) is 1.64. The normalized spacial score (nSPS) is 12.6. The van der Waals surface area contributed by atoms with Crippen LogP contribution in [0.2, 0.25) is 0 Å². The summed E-state index contributed by atoms with van der Waals surface area (Å²) in [6, 6.07) is -0.145. The lowest BCUT2D eigenvalue weighted by molar-refractivity contribution is -0.137. The average Bonchev–Trinajstić information content (AvgIpc) is 2.66. The molecule has 0 bridgehead atoms.